The number of carbonyl (C=O) groups excluding carboxylic acids is 2. The van der Waals surface area contributed by atoms with E-state index in [0.29, 0.717) is 40.7 Å². The fraction of sp³-hybridized carbons (Fsp3) is 0.391. The lowest BCUT2D eigenvalue weighted by molar-refractivity contribution is 0.101. The molecule has 0 spiro atoms. The third-order valence-corrected chi connectivity index (χ3v) is 5.01. The number of ether oxygens (including phenoxy) is 1. The molecule has 0 radical (unpaired) electrons. The van der Waals surface area contributed by atoms with Crippen LogP contribution in [0.2, 0.25) is 0 Å². The van der Waals surface area contributed by atoms with Gasteiger partial charge in [-0.3, -0.25) is 4.79 Å². The molecule has 5 N–H and O–H groups in total. The minimum absolute atomic E-state index is 0.174. The van der Waals surface area contributed by atoms with Crippen LogP contribution in [0.1, 0.15) is 50.8 Å². The van der Waals surface area contributed by atoms with Crippen molar-refractivity contribution >= 4 is 23.6 Å². The quantitative estimate of drug-likeness (QED) is 0.383. The number of nitrogens with zero attached hydrogens (tertiary/aromatic N) is 4. The maximum atomic E-state index is 12.0. The zero-order valence-electron chi connectivity index (χ0n) is 20.2. The van der Waals surface area contributed by atoms with Crippen LogP contribution in [0, 0.1) is 0 Å². The van der Waals surface area contributed by atoms with Crippen molar-refractivity contribution in [1.82, 2.24) is 30.2 Å². The van der Waals surface area contributed by atoms with Gasteiger partial charge in [-0.15, -0.1) is 0 Å². The number of Topliss-reactive ketones (excluding diaryl/α,β-unsaturated/α-hetero) is 1. The molecule has 1 atom stereocenters. The van der Waals surface area contributed by atoms with E-state index in [4.69, 9.17) is 10.7 Å². The summed E-state index contributed by atoms with van der Waals surface area (Å²) in [6.07, 6.45) is 2.71. The van der Waals surface area contributed by atoms with Crippen molar-refractivity contribution < 1.29 is 14.3 Å². The number of H-pyrrole nitrogens is 1. The molecule has 0 aromatic carbocycles. The Morgan fingerprint density at radius 1 is 1.24 bits per heavy atom. The minimum atomic E-state index is -0.511. The highest BCUT2D eigenvalue weighted by Gasteiger charge is 2.24. The third kappa shape index (κ3) is 5.66. The molecule has 180 valence electrons. The number of aromatic nitrogens is 5. The number of rotatable bonds is 7. The Bertz CT molecular complexity index is 1200. The molecule has 0 bridgehead atoms. The number of carbonyl (C=O) groups is 2. The number of amides is 1. The first-order chi connectivity index (χ1) is 16.0. The Kier molecular flexibility index (Phi) is 7.14. The highest BCUT2D eigenvalue weighted by Crippen LogP contribution is 2.33. The summed E-state index contributed by atoms with van der Waals surface area (Å²) in [7, 11) is 1.31. The lowest BCUT2D eigenvalue weighted by atomic mass is 9.96. The molecule has 0 aliphatic heterocycles. The SMILES string of the molecule is COC(=O)N[C@@H](C)CNc1nccc(-c2[nH]c(C(C)(C)C)nc2-c2cnc(N)c(C(C)=O)c2)n1. The number of methoxy groups -OCH3 is 1. The van der Waals surface area contributed by atoms with Crippen LogP contribution in [0.15, 0.2) is 24.5 Å². The fourth-order valence-corrected chi connectivity index (χ4v) is 3.15. The van der Waals surface area contributed by atoms with Crippen molar-refractivity contribution in [3.8, 4) is 22.6 Å². The van der Waals surface area contributed by atoms with Gasteiger partial charge in [0.25, 0.3) is 0 Å². The maximum absolute atomic E-state index is 12.0. The summed E-state index contributed by atoms with van der Waals surface area (Å²) in [5.41, 5.74) is 8.47. The van der Waals surface area contributed by atoms with Crippen molar-refractivity contribution in [2.75, 3.05) is 24.7 Å². The summed E-state index contributed by atoms with van der Waals surface area (Å²) < 4.78 is 4.61. The molecule has 11 heteroatoms. The zero-order chi connectivity index (χ0) is 25.0. The van der Waals surface area contributed by atoms with Crippen LogP contribution in [0.5, 0.6) is 0 Å². The van der Waals surface area contributed by atoms with Crippen molar-refractivity contribution in [2.24, 2.45) is 0 Å². The molecule has 3 heterocycles. The summed E-state index contributed by atoms with van der Waals surface area (Å²) in [5.74, 6) is 1.13. The second-order valence-corrected chi connectivity index (χ2v) is 8.96. The molecule has 0 saturated carbocycles. The molecule has 0 saturated heterocycles. The van der Waals surface area contributed by atoms with Crippen molar-refractivity contribution in [2.45, 2.75) is 46.1 Å². The molecular formula is C23H30N8O3. The fourth-order valence-electron chi connectivity index (χ4n) is 3.15. The molecule has 3 aromatic rings. The van der Waals surface area contributed by atoms with Crippen LogP contribution in [-0.4, -0.2) is 56.5 Å². The second kappa shape index (κ2) is 9.86. The number of anilines is 2. The molecule has 0 aliphatic rings. The number of nitrogens with one attached hydrogen (secondary N) is 3. The largest absolute Gasteiger partial charge is 0.453 e. The van der Waals surface area contributed by atoms with E-state index in [1.54, 1.807) is 24.5 Å². The van der Waals surface area contributed by atoms with E-state index in [9.17, 15) is 9.59 Å². The Labute approximate surface area is 198 Å². The van der Waals surface area contributed by atoms with Gasteiger partial charge in [-0.05, 0) is 26.0 Å². The van der Waals surface area contributed by atoms with Gasteiger partial charge < -0.3 is 26.1 Å². The molecular weight excluding hydrogens is 436 g/mol. The Morgan fingerprint density at radius 3 is 2.62 bits per heavy atom. The van der Waals surface area contributed by atoms with Gasteiger partial charge >= 0.3 is 6.09 Å². The summed E-state index contributed by atoms with van der Waals surface area (Å²) in [6, 6.07) is 3.25. The number of aromatic amines is 1. The van der Waals surface area contributed by atoms with E-state index in [0.717, 1.165) is 5.82 Å². The number of ketones is 1. The van der Waals surface area contributed by atoms with Gasteiger partial charge in [-0.2, -0.15) is 0 Å². The van der Waals surface area contributed by atoms with Gasteiger partial charge in [-0.25, -0.2) is 24.7 Å². The van der Waals surface area contributed by atoms with Gasteiger partial charge in [0.1, 0.15) is 11.6 Å². The molecule has 0 unspecified atom stereocenters. The third-order valence-electron chi connectivity index (χ3n) is 5.01. The molecule has 34 heavy (non-hydrogen) atoms. The molecule has 11 nitrogen and oxygen atoms in total. The van der Waals surface area contributed by atoms with Crippen LogP contribution in [-0.2, 0) is 10.2 Å². The first-order valence-electron chi connectivity index (χ1n) is 10.8. The van der Waals surface area contributed by atoms with Gasteiger partial charge in [0.05, 0.1) is 29.8 Å². The minimum Gasteiger partial charge on any atom is -0.453 e. The van der Waals surface area contributed by atoms with E-state index in [2.05, 4.69) is 35.3 Å². The predicted molar refractivity (Wildman–Crippen MR) is 129 cm³/mol. The lowest BCUT2D eigenvalue weighted by Crippen LogP contribution is -2.37. The Hall–Kier alpha value is -4.02. The van der Waals surface area contributed by atoms with E-state index < -0.39 is 6.09 Å². The van der Waals surface area contributed by atoms with Crippen LogP contribution >= 0.6 is 0 Å². The van der Waals surface area contributed by atoms with Crippen LogP contribution < -0.4 is 16.4 Å². The van der Waals surface area contributed by atoms with Gasteiger partial charge in [0, 0.05) is 36.0 Å². The van der Waals surface area contributed by atoms with E-state index in [1.165, 1.54) is 14.0 Å². The van der Waals surface area contributed by atoms with E-state index in [1.807, 2.05) is 27.7 Å². The van der Waals surface area contributed by atoms with Crippen LogP contribution in [0.3, 0.4) is 0 Å². The number of hydrogen-bond acceptors (Lipinski definition) is 9. The maximum Gasteiger partial charge on any atom is 0.407 e. The molecule has 0 aliphatic carbocycles. The van der Waals surface area contributed by atoms with E-state index in [-0.39, 0.29) is 23.1 Å². The standard InChI is InChI=1S/C23H30N8O3/c1-12(28-22(33)34-6)10-27-21-25-8-7-16(29-21)18-17(30-20(31-18)23(3,4)5)14-9-15(13(2)32)19(24)26-11-14/h7-9,11-12H,10H2,1-6H3,(H2,24,26)(H,28,33)(H,30,31)(H,25,27,29)/t12-/m0/s1. The zero-order valence-corrected chi connectivity index (χ0v) is 20.2. The second-order valence-electron chi connectivity index (χ2n) is 8.96. The van der Waals surface area contributed by atoms with Crippen LogP contribution in [0.25, 0.3) is 22.6 Å². The number of imidazole rings is 1. The first kappa shape index (κ1) is 24.6. The highest BCUT2D eigenvalue weighted by molar-refractivity contribution is 5.99. The summed E-state index contributed by atoms with van der Waals surface area (Å²) in [5, 5.41) is 5.79. The number of hydrogen-bond donors (Lipinski definition) is 4. The van der Waals surface area contributed by atoms with Gasteiger partial charge in [0.2, 0.25) is 5.95 Å². The molecule has 3 aromatic heterocycles. The summed E-state index contributed by atoms with van der Waals surface area (Å²) in [6.45, 7) is 9.81. The number of alkyl carbamates (subject to hydrolysis) is 1. The van der Waals surface area contributed by atoms with E-state index >= 15 is 0 Å². The van der Waals surface area contributed by atoms with Crippen molar-refractivity contribution in [3.05, 3.63) is 35.9 Å². The topological polar surface area (TPSA) is 161 Å². The lowest BCUT2D eigenvalue weighted by Gasteiger charge is -2.14. The Morgan fingerprint density at radius 2 is 1.97 bits per heavy atom. The van der Waals surface area contributed by atoms with Gasteiger partial charge in [0.15, 0.2) is 5.78 Å². The first-order valence-corrected chi connectivity index (χ1v) is 10.8. The van der Waals surface area contributed by atoms with Crippen LogP contribution in [0.4, 0.5) is 16.6 Å². The van der Waals surface area contributed by atoms with Crippen molar-refractivity contribution in [3.63, 3.8) is 0 Å². The van der Waals surface area contributed by atoms with Gasteiger partial charge in [-0.1, -0.05) is 20.8 Å². The normalized spacial score (nSPS) is 12.2. The summed E-state index contributed by atoms with van der Waals surface area (Å²) >= 11 is 0. The molecule has 3 rings (SSSR count). The molecule has 0 fully saturated rings. The Balaban J connectivity index is 1.99. The highest BCUT2D eigenvalue weighted by atomic mass is 16.5. The molecule has 1 amide bonds. The monoisotopic (exact) mass is 466 g/mol. The number of nitrogen functional groups attached to an aromatic ring is 1. The number of pyridine rings is 1. The predicted octanol–water partition coefficient (Wildman–Crippen LogP) is 3.17. The van der Waals surface area contributed by atoms with Crippen molar-refractivity contribution in [1.29, 1.82) is 0 Å². The smallest absolute Gasteiger partial charge is 0.407 e. The average molecular weight is 467 g/mol. The number of nitrogens with two attached hydrogens (primary N) is 1. The summed E-state index contributed by atoms with van der Waals surface area (Å²) in [4.78, 5) is 44.7. The average Bonchev–Trinajstić information content (AvgIpc) is 3.24.